The maximum Gasteiger partial charge on any atom is -0.0103 e. The van der Waals surface area contributed by atoms with E-state index in [1.54, 1.807) is 0 Å². The van der Waals surface area contributed by atoms with E-state index < -0.39 is 0 Å². The van der Waals surface area contributed by atoms with Crippen molar-refractivity contribution in [3.8, 4) is 0 Å². The molecule has 34 valence electrons. The molecule has 1 aliphatic carbocycles. The summed E-state index contributed by atoms with van der Waals surface area (Å²) in [7, 11) is 0. The van der Waals surface area contributed by atoms with Crippen molar-refractivity contribution in [3.05, 3.63) is 6.42 Å². The van der Waals surface area contributed by atoms with Gasteiger partial charge >= 0.3 is 0 Å². The van der Waals surface area contributed by atoms with Crippen LogP contribution in [0.5, 0.6) is 0 Å². The Morgan fingerprint density at radius 2 is 2.17 bits per heavy atom. The zero-order chi connectivity index (χ0) is 4.57. The molecule has 2 unspecified atom stereocenters. The summed E-state index contributed by atoms with van der Waals surface area (Å²) < 4.78 is 0. The molecule has 2 radical (unpaired) electrons. The van der Waals surface area contributed by atoms with Crippen molar-refractivity contribution >= 4 is 0 Å². The Balaban J connectivity index is 2.09. The monoisotopic (exact) mass is 82.1 g/mol. The third kappa shape index (κ3) is 0.562. The van der Waals surface area contributed by atoms with E-state index >= 15 is 0 Å². The van der Waals surface area contributed by atoms with Gasteiger partial charge in [-0.2, -0.15) is 0 Å². The molecule has 1 rings (SSSR count). The van der Waals surface area contributed by atoms with Gasteiger partial charge in [0, 0.05) is 0 Å². The predicted octanol–water partition coefficient (Wildman–Crippen LogP) is 1.74. The van der Waals surface area contributed by atoms with Gasteiger partial charge in [0.2, 0.25) is 0 Å². The summed E-state index contributed by atoms with van der Waals surface area (Å²) in [4.78, 5) is 0. The highest BCUT2D eigenvalue weighted by Crippen LogP contribution is 2.38. The Bertz CT molecular complexity index is 46.0. The van der Waals surface area contributed by atoms with E-state index in [9.17, 15) is 0 Å². The largest absolute Gasteiger partial charge is 0.0651 e. The molecular weight excluding hydrogens is 72.1 g/mol. The van der Waals surface area contributed by atoms with Crippen LogP contribution in [0.4, 0.5) is 0 Å². The van der Waals surface area contributed by atoms with Crippen molar-refractivity contribution in [2.75, 3.05) is 0 Å². The second-order valence-electron chi connectivity index (χ2n) is 1.97. The molecule has 0 N–H and O–H groups in total. The zero-order valence-corrected chi connectivity index (χ0v) is 4.36. The Morgan fingerprint density at radius 3 is 2.17 bits per heavy atom. The molecule has 2 atom stereocenters. The Labute approximate surface area is 39.6 Å². The fraction of sp³-hybridized carbons (Fsp3) is 0.833. The van der Waals surface area contributed by atoms with E-state index in [1.807, 2.05) is 0 Å². The standard InChI is InChI=1S/C6H10/c1-3-6-4-5(6)2/h5-6H,3H2,1-2H3. The lowest BCUT2D eigenvalue weighted by atomic mass is 10.3. The molecule has 0 aromatic carbocycles. The van der Waals surface area contributed by atoms with Crippen molar-refractivity contribution < 1.29 is 0 Å². The summed E-state index contributed by atoms with van der Waals surface area (Å²) in [5.74, 6) is 1.67. The molecule has 1 fully saturated rings. The molecule has 0 nitrogen and oxygen atoms in total. The highest BCUT2D eigenvalue weighted by molar-refractivity contribution is 5.01. The molecule has 0 aromatic heterocycles. The first-order valence-corrected chi connectivity index (χ1v) is 2.60. The minimum atomic E-state index is 0.815. The van der Waals surface area contributed by atoms with Crippen LogP contribution in [0.1, 0.15) is 20.3 Å². The molecule has 1 saturated carbocycles. The third-order valence-corrected chi connectivity index (χ3v) is 1.41. The van der Waals surface area contributed by atoms with Crippen molar-refractivity contribution in [1.82, 2.24) is 0 Å². The smallest absolute Gasteiger partial charge is 0.0103 e. The Hall–Kier alpha value is 0. The highest BCUT2D eigenvalue weighted by Gasteiger charge is 2.30. The van der Waals surface area contributed by atoms with Crippen molar-refractivity contribution in [2.24, 2.45) is 11.8 Å². The van der Waals surface area contributed by atoms with Gasteiger partial charge in [-0.25, -0.2) is 0 Å². The summed E-state index contributed by atoms with van der Waals surface area (Å²) in [6, 6.07) is 0. The van der Waals surface area contributed by atoms with Gasteiger partial charge in [-0.3, -0.25) is 0 Å². The molecule has 0 amide bonds. The molecule has 0 heterocycles. The highest BCUT2D eigenvalue weighted by atomic mass is 14.3. The van der Waals surface area contributed by atoms with Crippen LogP contribution < -0.4 is 0 Å². The molecule has 0 aliphatic heterocycles. The SMILES string of the molecule is CCC1[C]C1C. The molecule has 0 heteroatoms. The lowest BCUT2D eigenvalue weighted by molar-refractivity contribution is 0.727. The topological polar surface area (TPSA) is 0 Å². The van der Waals surface area contributed by atoms with Gasteiger partial charge in [-0.05, 0) is 18.3 Å². The van der Waals surface area contributed by atoms with Crippen LogP contribution in [0.3, 0.4) is 0 Å². The van der Waals surface area contributed by atoms with Gasteiger partial charge in [0.25, 0.3) is 0 Å². The average Bonchev–Trinajstić information content (AvgIpc) is 2.19. The van der Waals surface area contributed by atoms with Gasteiger partial charge in [0.05, 0.1) is 0 Å². The van der Waals surface area contributed by atoms with E-state index in [-0.39, 0.29) is 0 Å². The van der Waals surface area contributed by atoms with Crippen molar-refractivity contribution in [2.45, 2.75) is 20.3 Å². The van der Waals surface area contributed by atoms with E-state index in [4.69, 9.17) is 0 Å². The van der Waals surface area contributed by atoms with Crippen LogP contribution in [0, 0.1) is 18.3 Å². The lowest BCUT2D eigenvalue weighted by Crippen LogP contribution is -1.68. The third-order valence-electron chi connectivity index (χ3n) is 1.41. The molecule has 0 saturated heterocycles. The number of hydrogen-bond acceptors (Lipinski definition) is 0. The van der Waals surface area contributed by atoms with E-state index in [0.29, 0.717) is 0 Å². The maximum absolute atomic E-state index is 3.28. The quantitative estimate of drug-likeness (QED) is 0.452. The summed E-state index contributed by atoms with van der Waals surface area (Å²) in [5.41, 5.74) is 0. The lowest BCUT2D eigenvalue weighted by Gasteiger charge is -1.78. The number of hydrogen-bond donors (Lipinski definition) is 0. The first-order valence-electron chi connectivity index (χ1n) is 2.60. The zero-order valence-electron chi connectivity index (χ0n) is 4.36. The Morgan fingerprint density at radius 1 is 1.67 bits per heavy atom. The normalized spacial score (nSPS) is 43.0. The minimum Gasteiger partial charge on any atom is -0.0651 e. The predicted molar refractivity (Wildman–Crippen MR) is 26.2 cm³/mol. The minimum absolute atomic E-state index is 0.815. The van der Waals surface area contributed by atoms with Gasteiger partial charge < -0.3 is 0 Å². The molecule has 6 heavy (non-hydrogen) atoms. The van der Waals surface area contributed by atoms with Gasteiger partial charge in [-0.15, -0.1) is 0 Å². The van der Waals surface area contributed by atoms with Gasteiger partial charge in [0.15, 0.2) is 0 Å². The summed E-state index contributed by atoms with van der Waals surface area (Å²) in [5, 5.41) is 0. The fourth-order valence-corrected chi connectivity index (χ4v) is 0.754. The molecule has 0 spiro atoms. The second kappa shape index (κ2) is 1.25. The van der Waals surface area contributed by atoms with E-state index in [0.717, 1.165) is 11.8 Å². The number of rotatable bonds is 1. The Kier molecular flexibility index (Phi) is 0.868. The maximum atomic E-state index is 3.28. The summed E-state index contributed by atoms with van der Waals surface area (Å²) in [6.07, 6.45) is 4.57. The van der Waals surface area contributed by atoms with Crippen LogP contribution in [-0.2, 0) is 0 Å². The summed E-state index contributed by atoms with van der Waals surface area (Å²) in [6.45, 7) is 4.43. The van der Waals surface area contributed by atoms with E-state index in [2.05, 4.69) is 20.3 Å². The molecule has 1 aliphatic rings. The van der Waals surface area contributed by atoms with Crippen LogP contribution >= 0.6 is 0 Å². The van der Waals surface area contributed by atoms with Crippen LogP contribution in [0.15, 0.2) is 0 Å². The molecular formula is C6H10. The fourth-order valence-electron chi connectivity index (χ4n) is 0.754. The van der Waals surface area contributed by atoms with Crippen molar-refractivity contribution in [1.29, 1.82) is 0 Å². The molecule has 0 aromatic rings. The van der Waals surface area contributed by atoms with Crippen LogP contribution in [0.2, 0.25) is 0 Å². The van der Waals surface area contributed by atoms with Crippen LogP contribution in [-0.4, -0.2) is 0 Å². The summed E-state index contributed by atoms with van der Waals surface area (Å²) >= 11 is 0. The second-order valence-corrected chi connectivity index (χ2v) is 1.97. The first kappa shape index (κ1) is 4.17. The van der Waals surface area contributed by atoms with Crippen LogP contribution in [0.25, 0.3) is 0 Å². The first-order chi connectivity index (χ1) is 2.84. The van der Waals surface area contributed by atoms with E-state index in [1.165, 1.54) is 6.42 Å². The van der Waals surface area contributed by atoms with Crippen molar-refractivity contribution in [3.63, 3.8) is 0 Å². The van der Waals surface area contributed by atoms with Gasteiger partial charge in [0.1, 0.15) is 0 Å². The molecule has 0 bridgehead atoms. The van der Waals surface area contributed by atoms with Gasteiger partial charge in [-0.1, -0.05) is 20.3 Å². The average molecular weight is 82.1 g/mol.